The number of amides is 2. The normalized spacial score (nSPS) is 14.7. The highest BCUT2D eigenvalue weighted by atomic mass is 79.9. The first-order valence-corrected chi connectivity index (χ1v) is 12.1. The summed E-state index contributed by atoms with van der Waals surface area (Å²) >= 11 is 10.7. The fraction of sp³-hybridized carbons (Fsp3) is 0.120. The molecule has 1 aliphatic rings. The van der Waals surface area contributed by atoms with Crippen LogP contribution in [0.4, 0.5) is 9.18 Å². The van der Waals surface area contributed by atoms with Gasteiger partial charge in [0.2, 0.25) is 0 Å². The summed E-state index contributed by atoms with van der Waals surface area (Å²) < 4.78 is 25.4. The molecule has 9 heteroatoms. The maximum absolute atomic E-state index is 13.1. The number of hydrogen-bond acceptors (Lipinski definition) is 5. The van der Waals surface area contributed by atoms with E-state index in [4.69, 9.17) is 21.1 Å². The van der Waals surface area contributed by atoms with Gasteiger partial charge in [-0.3, -0.25) is 14.5 Å². The Morgan fingerprint density at radius 2 is 1.74 bits per heavy atom. The Bertz CT molecular complexity index is 1270. The lowest BCUT2D eigenvalue weighted by Gasteiger charge is -2.14. The van der Waals surface area contributed by atoms with Gasteiger partial charge in [0.15, 0.2) is 11.5 Å². The van der Waals surface area contributed by atoms with Crippen molar-refractivity contribution in [2.75, 3.05) is 7.11 Å². The summed E-state index contributed by atoms with van der Waals surface area (Å²) in [5.74, 6) is -0.0205. The minimum Gasteiger partial charge on any atom is -0.493 e. The van der Waals surface area contributed by atoms with Crippen LogP contribution in [0.5, 0.6) is 11.5 Å². The molecule has 0 bridgehead atoms. The van der Waals surface area contributed by atoms with Crippen molar-refractivity contribution in [3.8, 4) is 11.5 Å². The smallest absolute Gasteiger partial charge is 0.293 e. The third-order valence-electron chi connectivity index (χ3n) is 4.97. The maximum atomic E-state index is 13.1. The predicted molar refractivity (Wildman–Crippen MR) is 134 cm³/mol. The van der Waals surface area contributed by atoms with E-state index in [0.717, 1.165) is 26.7 Å². The zero-order valence-electron chi connectivity index (χ0n) is 17.9. The second kappa shape index (κ2) is 10.6. The summed E-state index contributed by atoms with van der Waals surface area (Å²) in [5.41, 5.74) is 2.20. The zero-order chi connectivity index (χ0) is 24.2. The number of thioether (sulfide) groups is 1. The number of benzene rings is 3. The molecule has 0 N–H and O–H groups in total. The summed E-state index contributed by atoms with van der Waals surface area (Å²) in [5, 5.41) is -0.0821. The van der Waals surface area contributed by atoms with Crippen LogP contribution in [0, 0.1) is 5.82 Å². The molecule has 34 heavy (non-hydrogen) atoms. The quantitative estimate of drug-likeness (QED) is 0.288. The van der Waals surface area contributed by atoms with Crippen molar-refractivity contribution in [3.63, 3.8) is 0 Å². The van der Waals surface area contributed by atoms with Crippen molar-refractivity contribution in [1.82, 2.24) is 4.90 Å². The van der Waals surface area contributed by atoms with Gasteiger partial charge in [0.05, 0.1) is 23.6 Å². The van der Waals surface area contributed by atoms with Crippen LogP contribution in [0.1, 0.15) is 16.7 Å². The Labute approximate surface area is 213 Å². The summed E-state index contributed by atoms with van der Waals surface area (Å²) in [4.78, 5) is 26.6. The number of ether oxygens (including phenoxy) is 2. The Morgan fingerprint density at radius 3 is 2.41 bits per heavy atom. The Balaban J connectivity index is 1.52. The molecule has 0 unspecified atom stereocenters. The number of nitrogens with zero attached hydrogens (tertiary/aromatic N) is 1. The van der Waals surface area contributed by atoms with Crippen LogP contribution in [0.25, 0.3) is 6.08 Å². The van der Waals surface area contributed by atoms with Crippen molar-refractivity contribution in [2.24, 2.45) is 0 Å². The molecule has 1 heterocycles. The minimum atomic E-state index is -0.426. The van der Waals surface area contributed by atoms with Crippen molar-refractivity contribution in [3.05, 3.63) is 97.6 Å². The lowest BCUT2D eigenvalue weighted by molar-refractivity contribution is -0.123. The van der Waals surface area contributed by atoms with E-state index in [-0.39, 0.29) is 17.3 Å². The number of carbonyl (C=O) groups excluding carboxylic acids is 2. The van der Waals surface area contributed by atoms with Gasteiger partial charge < -0.3 is 9.47 Å². The molecule has 1 saturated heterocycles. The molecule has 2 amide bonds. The molecule has 0 aromatic heterocycles. The largest absolute Gasteiger partial charge is 0.493 e. The number of carbonyl (C=O) groups is 2. The van der Waals surface area contributed by atoms with Gasteiger partial charge in [0, 0.05) is 4.47 Å². The molecule has 3 aromatic carbocycles. The molecule has 174 valence electrons. The Morgan fingerprint density at radius 1 is 1.06 bits per heavy atom. The second-order valence-electron chi connectivity index (χ2n) is 7.34. The third kappa shape index (κ3) is 5.63. The van der Waals surface area contributed by atoms with E-state index in [1.165, 1.54) is 19.2 Å². The highest BCUT2D eigenvalue weighted by Crippen LogP contribution is 2.39. The van der Waals surface area contributed by atoms with Gasteiger partial charge >= 0.3 is 0 Å². The molecule has 0 spiro atoms. The van der Waals surface area contributed by atoms with Crippen LogP contribution in [0.2, 0.25) is 5.02 Å². The first-order chi connectivity index (χ1) is 16.3. The minimum absolute atomic E-state index is 0.0647. The van der Waals surface area contributed by atoms with Crippen molar-refractivity contribution >= 4 is 56.5 Å². The van der Waals surface area contributed by atoms with Crippen LogP contribution < -0.4 is 9.47 Å². The molecule has 3 aromatic rings. The average Bonchev–Trinajstić information content (AvgIpc) is 3.07. The van der Waals surface area contributed by atoms with Crippen LogP contribution in [0.3, 0.4) is 0 Å². The molecule has 1 fully saturated rings. The van der Waals surface area contributed by atoms with E-state index in [2.05, 4.69) is 15.9 Å². The van der Waals surface area contributed by atoms with Crippen LogP contribution in [0.15, 0.2) is 70.0 Å². The monoisotopic (exact) mass is 561 g/mol. The first-order valence-electron chi connectivity index (χ1n) is 10.1. The molecule has 0 aliphatic carbocycles. The lowest BCUT2D eigenvalue weighted by Crippen LogP contribution is -2.27. The Kier molecular flexibility index (Phi) is 7.60. The molecule has 5 nitrogen and oxygen atoms in total. The van der Waals surface area contributed by atoms with Gasteiger partial charge in [-0.05, 0) is 70.9 Å². The number of halogens is 3. The summed E-state index contributed by atoms with van der Waals surface area (Å²) in [6.07, 6.45) is 1.59. The standard InChI is InChI=1S/C25H18BrClFNO4S/c1-32-21-11-17(10-20(27)23(21)33-14-16-2-6-18(26)7-3-16)12-22-24(30)29(25(31)34-22)13-15-4-8-19(28)9-5-15/h2-12H,13-14H2,1H3/b22-12-. The molecular weight excluding hydrogens is 545 g/mol. The van der Waals surface area contributed by atoms with E-state index in [9.17, 15) is 14.0 Å². The summed E-state index contributed by atoms with van der Waals surface area (Å²) in [6, 6.07) is 16.7. The number of rotatable bonds is 7. The first kappa shape index (κ1) is 24.3. The average molecular weight is 563 g/mol. The molecule has 0 radical (unpaired) electrons. The van der Waals surface area contributed by atoms with Crippen LogP contribution in [-0.2, 0) is 17.9 Å². The van der Waals surface area contributed by atoms with E-state index in [0.29, 0.717) is 34.3 Å². The SMILES string of the molecule is COc1cc(/C=C2\SC(=O)N(Cc3ccc(F)cc3)C2=O)cc(Cl)c1OCc1ccc(Br)cc1. The van der Waals surface area contributed by atoms with Crippen molar-refractivity contribution < 1.29 is 23.5 Å². The number of methoxy groups -OCH3 is 1. The van der Waals surface area contributed by atoms with Gasteiger partial charge in [0.25, 0.3) is 11.1 Å². The molecule has 0 saturated carbocycles. The molecular formula is C25H18BrClFNO4S. The highest BCUT2D eigenvalue weighted by molar-refractivity contribution is 9.10. The molecule has 0 atom stereocenters. The zero-order valence-corrected chi connectivity index (χ0v) is 21.0. The highest BCUT2D eigenvalue weighted by Gasteiger charge is 2.35. The fourth-order valence-corrected chi connectivity index (χ4v) is 4.64. The van der Waals surface area contributed by atoms with E-state index in [1.54, 1.807) is 30.3 Å². The van der Waals surface area contributed by atoms with Gasteiger partial charge in [-0.2, -0.15) is 0 Å². The summed E-state index contributed by atoms with van der Waals surface area (Å²) in [7, 11) is 1.50. The van der Waals surface area contributed by atoms with Crippen molar-refractivity contribution in [1.29, 1.82) is 0 Å². The fourth-order valence-electron chi connectivity index (χ4n) is 3.26. The second-order valence-corrected chi connectivity index (χ2v) is 9.66. The van der Waals surface area contributed by atoms with Crippen molar-refractivity contribution in [2.45, 2.75) is 13.2 Å². The van der Waals surface area contributed by atoms with E-state index >= 15 is 0 Å². The number of hydrogen-bond donors (Lipinski definition) is 0. The van der Waals surface area contributed by atoms with Gasteiger partial charge in [-0.15, -0.1) is 0 Å². The maximum Gasteiger partial charge on any atom is 0.293 e. The van der Waals surface area contributed by atoms with E-state index in [1.807, 2.05) is 24.3 Å². The summed E-state index contributed by atoms with van der Waals surface area (Å²) in [6.45, 7) is 0.361. The molecule has 1 aliphatic heterocycles. The van der Waals surface area contributed by atoms with Crippen LogP contribution in [-0.4, -0.2) is 23.2 Å². The topological polar surface area (TPSA) is 55.8 Å². The van der Waals surface area contributed by atoms with Gasteiger partial charge in [-0.25, -0.2) is 4.39 Å². The number of imide groups is 1. The lowest BCUT2D eigenvalue weighted by atomic mass is 10.1. The van der Waals surface area contributed by atoms with Gasteiger partial charge in [-0.1, -0.05) is 51.8 Å². The predicted octanol–water partition coefficient (Wildman–Crippen LogP) is 7.07. The Hall–Kier alpha value is -2.81. The van der Waals surface area contributed by atoms with Crippen LogP contribution >= 0.6 is 39.3 Å². The van der Waals surface area contributed by atoms with E-state index < -0.39 is 11.1 Å². The third-order valence-corrected chi connectivity index (χ3v) is 6.69. The molecule has 4 rings (SSSR count). The van der Waals surface area contributed by atoms with Gasteiger partial charge in [0.1, 0.15) is 12.4 Å².